The highest BCUT2D eigenvalue weighted by molar-refractivity contribution is 5.90. The van der Waals surface area contributed by atoms with Crippen molar-refractivity contribution in [3.8, 4) is 0 Å². The minimum Gasteiger partial charge on any atom is -0.347 e. The maximum Gasteiger partial charge on any atom is 0.288 e. The fourth-order valence-electron chi connectivity index (χ4n) is 1.03. The third-order valence-electron chi connectivity index (χ3n) is 1.65. The standard InChI is InChI=1S/C8H13FN4O/c1-6(2)13-7(11-5-12-13)8(14)10-4-3-9/h5-6H,3-4H2,1-2H3,(H,10,14). The first-order valence-electron chi connectivity index (χ1n) is 4.40. The molecule has 5 nitrogen and oxygen atoms in total. The van der Waals surface area contributed by atoms with Crippen molar-refractivity contribution in [3.05, 3.63) is 12.2 Å². The maximum atomic E-state index is 11.8. The molecule has 1 rings (SSSR count). The van der Waals surface area contributed by atoms with Crippen molar-refractivity contribution in [2.24, 2.45) is 0 Å². The molecule has 0 atom stereocenters. The van der Waals surface area contributed by atoms with Crippen LogP contribution in [0.1, 0.15) is 30.5 Å². The monoisotopic (exact) mass is 200 g/mol. The molecule has 78 valence electrons. The van der Waals surface area contributed by atoms with Gasteiger partial charge >= 0.3 is 0 Å². The van der Waals surface area contributed by atoms with E-state index < -0.39 is 12.6 Å². The summed E-state index contributed by atoms with van der Waals surface area (Å²) in [5, 5.41) is 6.29. The van der Waals surface area contributed by atoms with Crippen LogP contribution in [0.5, 0.6) is 0 Å². The highest BCUT2D eigenvalue weighted by Gasteiger charge is 2.14. The second-order valence-corrected chi connectivity index (χ2v) is 3.07. The van der Waals surface area contributed by atoms with Gasteiger partial charge < -0.3 is 5.32 Å². The summed E-state index contributed by atoms with van der Waals surface area (Å²) in [6, 6.07) is 0.0589. The number of hydrogen-bond acceptors (Lipinski definition) is 3. The molecule has 1 amide bonds. The Hall–Kier alpha value is -1.46. The summed E-state index contributed by atoms with van der Waals surface area (Å²) in [6.45, 7) is 3.20. The molecule has 0 bridgehead atoms. The van der Waals surface area contributed by atoms with Crippen LogP contribution in [-0.2, 0) is 0 Å². The number of carbonyl (C=O) groups is 1. The second kappa shape index (κ2) is 4.69. The Kier molecular flexibility index (Phi) is 3.55. The van der Waals surface area contributed by atoms with Crippen molar-refractivity contribution >= 4 is 5.91 Å². The Morgan fingerprint density at radius 1 is 1.71 bits per heavy atom. The third-order valence-corrected chi connectivity index (χ3v) is 1.65. The normalized spacial score (nSPS) is 10.6. The lowest BCUT2D eigenvalue weighted by Crippen LogP contribution is -2.29. The molecule has 1 aromatic heterocycles. The fourth-order valence-corrected chi connectivity index (χ4v) is 1.03. The van der Waals surface area contributed by atoms with E-state index >= 15 is 0 Å². The topological polar surface area (TPSA) is 59.8 Å². The molecule has 0 aromatic carbocycles. The number of rotatable bonds is 4. The number of nitrogens with one attached hydrogen (secondary N) is 1. The smallest absolute Gasteiger partial charge is 0.288 e. The fraction of sp³-hybridized carbons (Fsp3) is 0.625. The molecule has 1 heterocycles. The van der Waals surface area contributed by atoms with Crippen molar-refractivity contribution in [3.63, 3.8) is 0 Å². The van der Waals surface area contributed by atoms with Gasteiger partial charge in [-0.3, -0.25) is 4.79 Å². The summed E-state index contributed by atoms with van der Waals surface area (Å²) in [4.78, 5) is 15.2. The van der Waals surface area contributed by atoms with Crippen molar-refractivity contribution in [2.45, 2.75) is 19.9 Å². The number of aromatic nitrogens is 3. The predicted molar refractivity (Wildman–Crippen MR) is 48.7 cm³/mol. The SMILES string of the molecule is CC(C)n1ncnc1C(=O)NCCF. The molecule has 6 heteroatoms. The van der Waals surface area contributed by atoms with Crippen molar-refractivity contribution in [2.75, 3.05) is 13.2 Å². The Morgan fingerprint density at radius 2 is 2.43 bits per heavy atom. The Labute approximate surface area is 81.3 Å². The highest BCUT2D eigenvalue weighted by Crippen LogP contribution is 2.04. The van der Waals surface area contributed by atoms with E-state index in [0.29, 0.717) is 0 Å². The van der Waals surface area contributed by atoms with Gasteiger partial charge in [-0.25, -0.2) is 14.1 Å². The molecule has 1 N–H and O–H groups in total. The van der Waals surface area contributed by atoms with Gasteiger partial charge in [-0.2, -0.15) is 5.10 Å². The van der Waals surface area contributed by atoms with E-state index in [2.05, 4.69) is 15.4 Å². The molecule has 0 aliphatic heterocycles. The predicted octanol–water partition coefficient (Wildman–Crippen LogP) is 0.558. The van der Waals surface area contributed by atoms with Crippen LogP contribution in [0.2, 0.25) is 0 Å². The van der Waals surface area contributed by atoms with E-state index in [1.807, 2.05) is 13.8 Å². The average molecular weight is 200 g/mol. The molecule has 0 spiro atoms. The lowest BCUT2D eigenvalue weighted by molar-refractivity contribution is 0.0932. The van der Waals surface area contributed by atoms with Gasteiger partial charge in [-0.1, -0.05) is 0 Å². The summed E-state index contributed by atoms with van der Waals surface area (Å²) in [7, 11) is 0. The minimum absolute atomic E-state index is 0.00376. The summed E-state index contributed by atoms with van der Waals surface area (Å²) in [5.74, 6) is -0.178. The maximum absolute atomic E-state index is 11.8. The first kappa shape index (κ1) is 10.6. The molecule has 0 radical (unpaired) electrons. The average Bonchev–Trinajstić information content (AvgIpc) is 2.62. The van der Waals surface area contributed by atoms with Crippen molar-refractivity contribution < 1.29 is 9.18 Å². The van der Waals surface area contributed by atoms with Gasteiger partial charge in [-0.15, -0.1) is 0 Å². The molecule has 0 unspecified atom stereocenters. The van der Waals surface area contributed by atoms with Gasteiger partial charge in [0.1, 0.15) is 13.0 Å². The summed E-state index contributed by atoms with van der Waals surface area (Å²) < 4.78 is 13.3. The van der Waals surface area contributed by atoms with Gasteiger partial charge in [0.25, 0.3) is 5.91 Å². The van der Waals surface area contributed by atoms with Crippen LogP contribution >= 0.6 is 0 Å². The number of amides is 1. The minimum atomic E-state index is -0.582. The molecule has 14 heavy (non-hydrogen) atoms. The zero-order valence-corrected chi connectivity index (χ0v) is 8.20. The van der Waals surface area contributed by atoms with Crippen LogP contribution in [0.3, 0.4) is 0 Å². The number of nitrogens with zero attached hydrogens (tertiary/aromatic N) is 3. The lowest BCUT2D eigenvalue weighted by atomic mass is 10.4. The van der Waals surface area contributed by atoms with E-state index in [1.54, 1.807) is 0 Å². The lowest BCUT2D eigenvalue weighted by Gasteiger charge is -2.08. The Balaban J connectivity index is 2.74. The molecule has 0 aliphatic carbocycles. The largest absolute Gasteiger partial charge is 0.347 e. The quantitative estimate of drug-likeness (QED) is 0.772. The number of halogens is 1. The molecule has 0 saturated heterocycles. The third kappa shape index (κ3) is 2.27. The van der Waals surface area contributed by atoms with Crippen molar-refractivity contribution in [1.82, 2.24) is 20.1 Å². The summed E-state index contributed by atoms with van der Waals surface area (Å²) >= 11 is 0. The van der Waals surface area contributed by atoms with E-state index in [0.717, 1.165) is 0 Å². The first-order chi connectivity index (χ1) is 6.66. The summed E-state index contributed by atoms with van der Waals surface area (Å²) in [6.07, 6.45) is 1.31. The van der Waals surface area contributed by atoms with E-state index in [1.165, 1.54) is 11.0 Å². The number of hydrogen-bond donors (Lipinski definition) is 1. The molecule has 0 fully saturated rings. The van der Waals surface area contributed by atoms with Gasteiger partial charge in [0.05, 0.1) is 0 Å². The van der Waals surface area contributed by atoms with Gasteiger partial charge in [0, 0.05) is 12.6 Å². The van der Waals surface area contributed by atoms with Gasteiger partial charge in [0.2, 0.25) is 5.82 Å². The van der Waals surface area contributed by atoms with E-state index in [-0.39, 0.29) is 18.4 Å². The number of carbonyl (C=O) groups excluding carboxylic acids is 1. The van der Waals surface area contributed by atoms with Crippen LogP contribution in [0.25, 0.3) is 0 Å². The van der Waals surface area contributed by atoms with Crippen LogP contribution in [-0.4, -0.2) is 33.9 Å². The van der Waals surface area contributed by atoms with Crippen LogP contribution in [0.4, 0.5) is 4.39 Å². The molecular formula is C8H13FN4O. The Bertz CT molecular complexity index is 310. The summed E-state index contributed by atoms with van der Waals surface area (Å²) in [5.41, 5.74) is 0. The second-order valence-electron chi connectivity index (χ2n) is 3.07. The Morgan fingerprint density at radius 3 is 3.00 bits per heavy atom. The zero-order chi connectivity index (χ0) is 10.6. The highest BCUT2D eigenvalue weighted by atomic mass is 19.1. The van der Waals surface area contributed by atoms with Crippen LogP contribution in [0, 0.1) is 0 Å². The van der Waals surface area contributed by atoms with Gasteiger partial charge in [-0.05, 0) is 13.8 Å². The molecule has 0 saturated carbocycles. The molecule has 1 aromatic rings. The molecular weight excluding hydrogens is 187 g/mol. The zero-order valence-electron chi connectivity index (χ0n) is 8.20. The van der Waals surface area contributed by atoms with E-state index in [9.17, 15) is 9.18 Å². The van der Waals surface area contributed by atoms with E-state index in [4.69, 9.17) is 0 Å². The van der Waals surface area contributed by atoms with Crippen LogP contribution < -0.4 is 5.32 Å². The van der Waals surface area contributed by atoms with Crippen molar-refractivity contribution in [1.29, 1.82) is 0 Å². The first-order valence-corrected chi connectivity index (χ1v) is 4.40. The number of alkyl halides is 1. The van der Waals surface area contributed by atoms with Crippen LogP contribution in [0.15, 0.2) is 6.33 Å². The molecule has 0 aliphatic rings. The van der Waals surface area contributed by atoms with Gasteiger partial charge in [0.15, 0.2) is 0 Å².